The number of halogens is 1. The summed E-state index contributed by atoms with van der Waals surface area (Å²) in [5.74, 6) is 0.571. The zero-order chi connectivity index (χ0) is 14.7. The smallest absolute Gasteiger partial charge is 0.124 e. The molecule has 0 aromatic heterocycles. The fraction of sp³-hybridized carbons (Fsp3) is 0.294. The first-order valence-corrected chi connectivity index (χ1v) is 6.71. The van der Waals surface area contributed by atoms with Gasteiger partial charge in [0, 0.05) is 11.6 Å². The lowest BCUT2D eigenvalue weighted by Crippen LogP contribution is -2.08. The van der Waals surface area contributed by atoms with Gasteiger partial charge in [0.1, 0.15) is 18.2 Å². The average molecular weight is 273 g/mol. The molecule has 0 saturated carbocycles. The van der Waals surface area contributed by atoms with Gasteiger partial charge in [-0.05, 0) is 55.7 Å². The van der Waals surface area contributed by atoms with Gasteiger partial charge in [-0.15, -0.1) is 0 Å². The van der Waals surface area contributed by atoms with Crippen molar-refractivity contribution in [2.24, 2.45) is 5.73 Å². The molecule has 2 aromatic carbocycles. The van der Waals surface area contributed by atoms with E-state index in [1.165, 1.54) is 12.1 Å². The highest BCUT2D eigenvalue weighted by Gasteiger charge is 2.09. The standard InChI is InChI=1S/C17H20FNO/c1-11-4-7-16(13(3)19)17(8-11)20-10-14-5-6-15(18)9-12(14)2/h4-9,13H,10,19H2,1-3H3/t13-/m1/s1. The van der Waals surface area contributed by atoms with E-state index in [1.54, 1.807) is 6.07 Å². The van der Waals surface area contributed by atoms with Crippen molar-refractivity contribution in [2.45, 2.75) is 33.4 Å². The van der Waals surface area contributed by atoms with Crippen molar-refractivity contribution in [1.82, 2.24) is 0 Å². The van der Waals surface area contributed by atoms with Crippen LogP contribution in [0.1, 0.15) is 35.2 Å². The van der Waals surface area contributed by atoms with Crippen LogP contribution in [0.2, 0.25) is 0 Å². The van der Waals surface area contributed by atoms with Crippen molar-refractivity contribution >= 4 is 0 Å². The number of rotatable bonds is 4. The number of hydrogen-bond acceptors (Lipinski definition) is 2. The molecule has 2 N–H and O–H groups in total. The first-order valence-electron chi connectivity index (χ1n) is 6.71. The monoisotopic (exact) mass is 273 g/mol. The molecule has 3 heteroatoms. The predicted octanol–water partition coefficient (Wildman–Crippen LogP) is 4.04. The Hall–Kier alpha value is -1.87. The molecule has 2 rings (SSSR count). The van der Waals surface area contributed by atoms with E-state index in [1.807, 2.05) is 39.0 Å². The van der Waals surface area contributed by atoms with Crippen molar-refractivity contribution in [2.75, 3.05) is 0 Å². The fourth-order valence-electron chi connectivity index (χ4n) is 2.12. The maximum Gasteiger partial charge on any atom is 0.124 e. The Labute approximate surface area is 119 Å². The lowest BCUT2D eigenvalue weighted by molar-refractivity contribution is 0.300. The number of nitrogens with two attached hydrogens (primary N) is 1. The molecular formula is C17H20FNO. The number of benzene rings is 2. The van der Waals surface area contributed by atoms with Crippen molar-refractivity contribution < 1.29 is 9.13 Å². The van der Waals surface area contributed by atoms with E-state index < -0.39 is 0 Å². The van der Waals surface area contributed by atoms with Gasteiger partial charge in [-0.2, -0.15) is 0 Å². The Morgan fingerprint density at radius 3 is 2.55 bits per heavy atom. The molecule has 20 heavy (non-hydrogen) atoms. The normalized spacial score (nSPS) is 12.2. The van der Waals surface area contributed by atoms with Gasteiger partial charge in [0.25, 0.3) is 0 Å². The van der Waals surface area contributed by atoms with Gasteiger partial charge in [0.15, 0.2) is 0 Å². The van der Waals surface area contributed by atoms with Gasteiger partial charge in [0.05, 0.1) is 0 Å². The molecule has 0 fully saturated rings. The summed E-state index contributed by atoms with van der Waals surface area (Å²) >= 11 is 0. The Balaban J connectivity index is 2.20. The van der Waals surface area contributed by atoms with E-state index in [0.29, 0.717) is 6.61 Å². The number of ether oxygens (including phenoxy) is 1. The molecule has 106 valence electrons. The molecule has 0 spiro atoms. The zero-order valence-corrected chi connectivity index (χ0v) is 12.1. The quantitative estimate of drug-likeness (QED) is 0.912. The minimum absolute atomic E-state index is 0.0834. The number of aryl methyl sites for hydroxylation is 2. The van der Waals surface area contributed by atoms with Crippen LogP contribution in [0.15, 0.2) is 36.4 Å². The molecular weight excluding hydrogens is 253 g/mol. The van der Waals surface area contributed by atoms with Crippen LogP contribution >= 0.6 is 0 Å². The summed E-state index contributed by atoms with van der Waals surface area (Å²) in [4.78, 5) is 0. The molecule has 0 aliphatic heterocycles. The molecule has 0 unspecified atom stereocenters. The van der Waals surface area contributed by atoms with Crippen LogP contribution in [0, 0.1) is 19.7 Å². The maximum absolute atomic E-state index is 13.1. The summed E-state index contributed by atoms with van der Waals surface area (Å²) in [6.07, 6.45) is 0. The maximum atomic E-state index is 13.1. The topological polar surface area (TPSA) is 35.2 Å². The largest absolute Gasteiger partial charge is 0.489 e. The summed E-state index contributed by atoms with van der Waals surface area (Å²) in [5, 5.41) is 0. The second-order valence-corrected chi connectivity index (χ2v) is 5.19. The van der Waals surface area contributed by atoms with Crippen LogP contribution in [0.25, 0.3) is 0 Å². The van der Waals surface area contributed by atoms with Crippen LogP contribution in [0.3, 0.4) is 0 Å². The lowest BCUT2D eigenvalue weighted by Gasteiger charge is -2.15. The third-order valence-electron chi connectivity index (χ3n) is 3.35. The number of hydrogen-bond donors (Lipinski definition) is 1. The second kappa shape index (κ2) is 6.06. The predicted molar refractivity (Wildman–Crippen MR) is 79.3 cm³/mol. The Kier molecular flexibility index (Phi) is 4.40. The van der Waals surface area contributed by atoms with Gasteiger partial charge >= 0.3 is 0 Å². The van der Waals surface area contributed by atoms with Gasteiger partial charge < -0.3 is 10.5 Å². The van der Waals surface area contributed by atoms with Crippen LogP contribution in [0.5, 0.6) is 5.75 Å². The summed E-state index contributed by atoms with van der Waals surface area (Å²) in [7, 11) is 0. The van der Waals surface area contributed by atoms with Crippen molar-refractivity contribution in [1.29, 1.82) is 0 Å². The van der Waals surface area contributed by atoms with Crippen LogP contribution in [-0.4, -0.2) is 0 Å². The van der Waals surface area contributed by atoms with Gasteiger partial charge in [-0.25, -0.2) is 4.39 Å². The molecule has 0 aliphatic carbocycles. The van der Waals surface area contributed by atoms with E-state index >= 15 is 0 Å². The van der Waals surface area contributed by atoms with Crippen molar-refractivity contribution in [3.8, 4) is 5.75 Å². The van der Waals surface area contributed by atoms with Crippen LogP contribution in [-0.2, 0) is 6.61 Å². The molecule has 0 saturated heterocycles. The minimum atomic E-state index is -0.224. The first kappa shape index (κ1) is 14.5. The molecule has 0 bridgehead atoms. The molecule has 0 aliphatic rings. The molecule has 0 radical (unpaired) electrons. The lowest BCUT2D eigenvalue weighted by atomic mass is 10.1. The van der Waals surface area contributed by atoms with E-state index in [4.69, 9.17) is 10.5 Å². The van der Waals surface area contributed by atoms with E-state index in [-0.39, 0.29) is 11.9 Å². The van der Waals surface area contributed by atoms with Crippen LogP contribution < -0.4 is 10.5 Å². The molecule has 1 atom stereocenters. The molecule has 0 amide bonds. The van der Waals surface area contributed by atoms with E-state index in [9.17, 15) is 4.39 Å². The van der Waals surface area contributed by atoms with Crippen molar-refractivity contribution in [3.63, 3.8) is 0 Å². The molecule has 0 heterocycles. The van der Waals surface area contributed by atoms with Gasteiger partial charge in [0.2, 0.25) is 0 Å². The molecule has 2 aromatic rings. The summed E-state index contributed by atoms with van der Waals surface area (Å²) < 4.78 is 19.0. The summed E-state index contributed by atoms with van der Waals surface area (Å²) in [6.45, 7) is 6.24. The first-order chi connectivity index (χ1) is 9.47. The highest BCUT2D eigenvalue weighted by Crippen LogP contribution is 2.26. The van der Waals surface area contributed by atoms with E-state index in [0.717, 1.165) is 28.0 Å². The Morgan fingerprint density at radius 2 is 1.90 bits per heavy atom. The van der Waals surface area contributed by atoms with E-state index in [2.05, 4.69) is 0 Å². The SMILES string of the molecule is Cc1ccc([C@@H](C)N)c(OCc2ccc(F)cc2C)c1. The highest BCUT2D eigenvalue weighted by molar-refractivity contribution is 5.39. The zero-order valence-electron chi connectivity index (χ0n) is 12.1. The fourth-order valence-corrected chi connectivity index (χ4v) is 2.12. The van der Waals surface area contributed by atoms with Crippen LogP contribution in [0.4, 0.5) is 4.39 Å². The summed E-state index contributed by atoms with van der Waals surface area (Å²) in [6, 6.07) is 10.6. The van der Waals surface area contributed by atoms with Crippen molar-refractivity contribution in [3.05, 3.63) is 64.5 Å². The Bertz CT molecular complexity index is 608. The third kappa shape index (κ3) is 3.36. The Morgan fingerprint density at radius 1 is 1.15 bits per heavy atom. The average Bonchev–Trinajstić information content (AvgIpc) is 2.37. The van der Waals surface area contributed by atoms with Gasteiger partial charge in [-0.1, -0.05) is 18.2 Å². The minimum Gasteiger partial charge on any atom is -0.489 e. The highest BCUT2D eigenvalue weighted by atomic mass is 19.1. The second-order valence-electron chi connectivity index (χ2n) is 5.19. The van der Waals surface area contributed by atoms with Gasteiger partial charge in [-0.3, -0.25) is 0 Å². The molecule has 2 nitrogen and oxygen atoms in total. The summed E-state index contributed by atoms with van der Waals surface area (Å²) in [5.41, 5.74) is 9.93. The third-order valence-corrected chi connectivity index (χ3v) is 3.35.